The predicted molar refractivity (Wildman–Crippen MR) is 102 cm³/mol. The minimum Gasteiger partial charge on any atom is -0.444 e. The van der Waals surface area contributed by atoms with Gasteiger partial charge in [-0.05, 0) is 45.7 Å². The maximum atomic E-state index is 12.5. The van der Waals surface area contributed by atoms with E-state index in [2.05, 4.69) is 31.1 Å². The first-order valence-corrected chi connectivity index (χ1v) is 9.44. The average molecular weight is 367 g/mol. The molecule has 1 aromatic rings. The molecule has 0 aliphatic carbocycles. The Kier molecular flexibility index (Phi) is 7.93. The number of thioether (sulfide) groups is 1. The van der Waals surface area contributed by atoms with E-state index in [1.165, 1.54) is 0 Å². The Labute approximate surface area is 155 Å². The Morgan fingerprint density at radius 2 is 1.84 bits per heavy atom. The van der Waals surface area contributed by atoms with Crippen LogP contribution in [0.5, 0.6) is 0 Å². The zero-order chi connectivity index (χ0) is 19.1. The number of nitrogens with zero attached hydrogens (tertiary/aromatic N) is 1. The molecule has 0 aliphatic heterocycles. The molecule has 1 amide bonds. The fraction of sp³-hybridized carbons (Fsp3) is 0.632. The Morgan fingerprint density at radius 3 is 2.44 bits per heavy atom. The summed E-state index contributed by atoms with van der Waals surface area (Å²) in [7, 11) is 0. The van der Waals surface area contributed by atoms with Crippen LogP contribution >= 0.6 is 11.8 Å². The van der Waals surface area contributed by atoms with Crippen molar-refractivity contribution in [1.82, 2.24) is 10.3 Å². The fourth-order valence-electron chi connectivity index (χ4n) is 2.02. The number of nitrogens with one attached hydrogen (secondary N) is 1. The van der Waals surface area contributed by atoms with Gasteiger partial charge in [0.1, 0.15) is 10.6 Å². The first-order chi connectivity index (χ1) is 11.5. The first-order valence-electron chi connectivity index (χ1n) is 8.62. The molecule has 0 saturated heterocycles. The summed E-state index contributed by atoms with van der Waals surface area (Å²) >= 11 is 1.60. The molecular weight excluding hydrogens is 336 g/mol. The molecule has 6 heteroatoms. The van der Waals surface area contributed by atoms with Gasteiger partial charge in [-0.2, -0.15) is 0 Å². The van der Waals surface area contributed by atoms with Gasteiger partial charge in [0.05, 0.1) is 0 Å². The van der Waals surface area contributed by atoms with Crippen molar-refractivity contribution in [2.45, 2.75) is 76.2 Å². The third kappa shape index (κ3) is 9.48. The summed E-state index contributed by atoms with van der Waals surface area (Å²) in [6.07, 6.45) is 3.18. The number of alkyl carbamates (subject to hydrolysis) is 1. The van der Waals surface area contributed by atoms with Gasteiger partial charge in [-0.3, -0.25) is 4.79 Å². The summed E-state index contributed by atoms with van der Waals surface area (Å²) in [6.45, 7) is 12.3. The summed E-state index contributed by atoms with van der Waals surface area (Å²) in [5.74, 6) is 0.0946. The van der Waals surface area contributed by atoms with Gasteiger partial charge in [-0.15, -0.1) is 0 Å². The number of carbonyl (C=O) groups excluding carboxylic acids is 2. The Hall–Kier alpha value is -1.56. The maximum Gasteiger partial charge on any atom is 0.407 e. The fourth-order valence-corrected chi connectivity index (χ4v) is 3.01. The highest BCUT2D eigenvalue weighted by Gasteiger charge is 2.19. The Morgan fingerprint density at radius 1 is 1.16 bits per heavy atom. The number of pyridine rings is 1. The van der Waals surface area contributed by atoms with Crippen LogP contribution in [0.4, 0.5) is 4.79 Å². The summed E-state index contributed by atoms with van der Waals surface area (Å²) < 4.78 is 5.17. The number of carbonyl (C=O) groups is 2. The number of hydrogen-bond acceptors (Lipinski definition) is 5. The number of ketones is 1. The molecule has 0 unspecified atom stereocenters. The van der Waals surface area contributed by atoms with E-state index in [9.17, 15) is 9.59 Å². The van der Waals surface area contributed by atoms with Gasteiger partial charge in [-0.25, -0.2) is 9.78 Å². The Bertz CT molecular complexity index is 589. The number of aromatic nitrogens is 1. The van der Waals surface area contributed by atoms with Crippen LogP contribution in [-0.2, 0) is 4.74 Å². The lowest BCUT2D eigenvalue weighted by Gasteiger charge is -2.19. The van der Waals surface area contributed by atoms with E-state index in [0.717, 1.165) is 11.4 Å². The van der Waals surface area contributed by atoms with Crippen LogP contribution in [0.15, 0.2) is 23.4 Å². The van der Waals surface area contributed by atoms with Crippen molar-refractivity contribution in [2.75, 3.05) is 6.54 Å². The predicted octanol–water partition coefficient (Wildman–Crippen LogP) is 4.85. The second-order valence-electron chi connectivity index (χ2n) is 7.88. The second kappa shape index (κ2) is 9.22. The summed E-state index contributed by atoms with van der Waals surface area (Å²) in [5.41, 5.74) is 0.184. The monoisotopic (exact) mass is 366 g/mol. The zero-order valence-electron chi connectivity index (χ0n) is 16.1. The smallest absolute Gasteiger partial charge is 0.407 e. The van der Waals surface area contributed by atoms with Crippen LogP contribution in [0, 0.1) is 0 Å². The molecule has 0 aromatic carbocycles. The van der Waals surface area contributed by atoms with Crippen molar-refractivity contribution < 1.29 is 14.3 Å². The van der Waals surface area contributed by atoms with Gasteiger partial charge >= 0.3 is 6.09 Å². The molecule has 0 fully saturated rings. The number of rotatable bonds is 7. The molecule has 25 heavy (non-hydrogen) atoms. The third-order valence-electron chi connectivity index (χ3n) is 2.97. The van der Waals surface area contributed by atoms with E-state index < -0.39 is 11.7 Å². The van der Waals surface area contributed by atoms with Crippen LogP contribution < -0.4 is 5.32 Å². The van der Waals surface area contributed by atoms with E-state index in [1.54, 1.807) is 24.0 Å². The van der Waals surface area contributed by atoms with E-state index in [-0.39, 0.29) is 10.5 Å². The SMILES string of the molecule is CC(C)(C)OC(=O)NCCCCC(=O)c1cccnc1SC(C)(C)C. The highest BCUT2D eigenvalue weighted by atomic mass is 32.2. The summed E-state index contributed by atoms with van der Waals surface area (Å²) in [4.78, 5) is 28.4. The average Bonchev–Trinajstić information content (AvgIpc) is 2.43. The molecule has 0 saturated carbocycles. The van der Waals surface area contributed by atoms with Crippen LogP contribution in [0.3, 0.4) is 0 Å². The minimum absolute atomic E-state index is 0.000714. The van der Waals surface area contributed by atoms with Crippen LogP contribution in [0.2, 0.25) is 0 Å². The van der Waals surface area contributed by atoms with Crippen molar-refractivity contribution in [2.24, 2.45) is 0 Å². The lowest BCUT2D eigenvalue weighted by atomic mass is 10.1. The summed E-state index contributed by atoms with van der Waals surface area (Å²) in [5, 5.41) is 3.49. The van der Waals surface area contributed by atoms with Crippen LogP contribution in [-0.4, -0.2) is 33.8 Å². The molecular formula is C19H30N2O3S. The molecule has 0 radical (unpaired) electrons. The second-order valence-corrected chi connectivity index (χ2v) is 9.70. The van der Waals surface area contributed by atoms with Crippen molar-refractivity contribution >= 4 is 23.6 Å². The molecule has 1 aromatic heterocycles. The standard InChI is InChI=1S/C19H30N2O3S/c1-18(2,3)24-17(23)21-12-8-7-11-15(22)14-10-9-13-20-16(14)25-19(4,5)6/h9-10,13H,7-8,11-12H2,1-6H3,(H,21,23). The van der Waals surface area contributed by atoms with Crippen molar-refractivity contribution in [3.8, 4) is 0 Å². The number of hydrogen-bond donors (Lipinski definition) is 1. The molecule has 1 heterocycles. The zero-order valence-corrected chi connectivity index (χ0v) is 17.0. The van der Waals surface area contributed by atoms with E-state index in [1.807, 2.05) is 26.8 Å². The minimum atomic E-state index is -0.499. The highest BCUT2D eigenvalue weighted by molar-refractivity contribution is 8.00. The molecule has 5 nitrogen and oxygen atoms in total. The lowest BCUT2D eigenvalue weighted by Crippen LogP contribution is -2.33. The van der Waals surface area contributed by atoms with E-state index >= 15 is 0 Å². The molecule has 0 bridgehead atoms. The van der Waals surface area contributed by atoms with Gasteiger partial charge in [-0.1, -0.05) is 32.5 Å². The normalized spacial score (nSPS) is 11.9. The molecule has 140 valence electrons. The summed E-state index contributed by atoms with van der Waals surface area (Å²) in [6, 6.07) is 3.63. The number of ether oxygens (including phenoxy) is 1. The van der Waals surface area contributed by atoms with Gasteiger partial charge in [0, 0.05) is 29.5 Å². The number of Topliss-reactive ketones (excluding diaryl/α,β-unsaturated/α-hetero) is 1. The first kappa shape index (κ1) is 21.5. The number of unbranched alkanes of at least 4 members (excludes halogenated alkanes) is 1. The molecule has 0 atom stereocenters. The van der Waals surface area contributed by atoms with Gasteiger partial charge in [0.2, 0.25) is 0 Å². The third-order valence-corrected chi connectivity index (χ3v) is 4.10. The van der Waals surface area contributed by atoms with Gasteiger partial charge < -0.3 is 10.1 Å². The van der Waals surface area contributed by atoms with Crippen molar-refractivity contribution in [3.63, 3.8) is 0 Å². The van der Waals surface area contributed by atoms with E-state index in [0.29, 0.717) is 24.9 Å². The van der Waals surface area contributed by atoms with Crippen LogP contribution in [0.1, 0.15) is 71.2 Å². The molecule has 0 spiro atoms. The van der Waals surface area contributed by atoms with Gasteiger partial charge in [0.25, 0.3) is 0 Å². The maximum absolute atomic E-state index is 12.5. The molecule has 1 N–H and O–H groups in total. The van der Waals surface area contributed by atoms with Crippen LogP contribution in [0.25, 0.3) is 0 Å². The molecule has 0 aliphatic rings. The van der Waals surface area contributed by atoms with Crippen molar-refractivity contribution in [3.05, 3.63) is 23.9 Å². The quantitative estimate of drug-likeness (QED) is 0.424. The largest absolute Gasteiger partial charge is 0.444 e. The molecule has 1 rings (SSSR count). The lowest BCUT2D eigenvalue weighted by molar-refractivity contribution is 0.0527. The topological polar surface area (TPSA) is 68.3 Å². The number of amides is 1. The van der Waals surface area contributed by atoms with Crippen molar-refractivity contribution in [1.29, 1.82) is 0 Å². The van der Waals surface area contributed by atoms with Gasteiger partial charge in [0.15, 0.2) is 5.78 Å². The van der Waals surface area contributed by atoms with E-state index in [4.69, 9.17) is 4.74 Å². The Balaban J connectivity index is 2.42. The highest BCUT2D eigenvalue weighted by Crippen LogP contribution is 2.33.